The van der Waals surface area contributed by atoms with Gasteiger partial charge in [0.2, 0.25) is 5.91 Å². The van der Waals surface area contributed by atoms with Crippen LogP contribution in [0, 0.1) is 11.8 Å². The van der Waals surface area contributed by atoms with Crippen molar-refractivity contribution in [2.24, 2.45) is 16.9 Å². The van der Waals surface area contributed by atoms with E-state index in [1.54, 1.807) is 4.90 Å². The number of alkyl halides is 4. The van der Waals surface area contributed by atoms with Crippen LogP contribution in [0.1, 0.15) is 49.1 Å². The molecule has 0 bridgehead atoms. The molecular formula is C30H32F4N4O5. The third-order valence-electron chi connectivity index (χ3n) is 8.61. The molecule has 43 heavy (non-hydrogen) atoms. The van der Waals surface area contributed by atoms with Crippen LogP contribution < -0.4 is 10.7 Å². The number of hydrogen-bond acceptors (Lipinski definition) is 6. The van der Waals surface area contributed by atoms with Crippen LogP contribution >= 0.6 is 0 Å². The highest BCUT2D eigenvalue weighted by atomic mass is 19.4. The Balaban J connectivity index is 1.32. The third kappa shape index (κ3) is 6.30. The average molecular weight is 605 g/mol. The number of rotatable bonds is 5. The largest absolute Gasteiger partial charge is 0.481 e. The van der Waals surface area contributed by atoms with Crippen molar-refractivity contribution < 1.29 is 41.8 Å². The monoisotopic (exact) mass is 604 g/mol. The molecule has 1 aromatic rings. The minimum absolute atomic E-state index is 0.257. The smallest absolute Gasteiger partial charge is 0.412 e. The second-order valence-corrected chi connectivity index (χ2v) is 11.1. The number of nitrogens with zero attached hydrogens (tertiary/aromatic N) is 2. The summed E-state index contributed by atoms with van der Waals surface area (Å²) in [6.45, 7) is 1.43. The van der Waals surface area contributed by atoms with Crippen LogP contribution in [0.15, 0.2) is 63.9 Å². The Hall–Kier alpha value is -4.16. The highest BCUT2D eigenvalue weighted by molar-refractivity contribution is 6.13. The van der Waals surface area contributed by atoms with Crippen molar-refractivity contribution in [1.29, 1.82) is 0 Å². The van der Waals surface area contributed by atoms with Gasteiger partial charge in [-0.15, -0.1) is 0 Å². The maximum atomic E-state index is 14.5. The number of amides is 2. The van der Waals surface area contributed by atoms with Gasteiger partial charge >= 0.3 is 18.2 Å². The topological polar surface area (TPSA) is 120 Å². The average Bonchev–Trinajstić information content (AvgIpc) is 3.00. The number of benzene rings is 1. The summed E-state index contributed by atoms with van der Waals surface area (Å²) < 4.78 is 58.2. The fraction of sp³-hybridized carbons (Fsp3) is 0.467. The molecule has 0 aromatic heterocycles. The number of carboxylic acids is 1. The number of hydrazone groups is 1. The lowest BCUT2D eigenvalue weighted by Crippen LogP contribution is -2.44. The molecule has 2 aliphatic heterocycles. The standard InChI is InChI=1S/C30H32F4N4O5/c1-43-29(42)38-12-11-21-18(15-38)14-35-37-26(21)17-7-5-16(6-8-17)20-3-2-4-22(25(20)28(40)41)27(39)36-24-10-9-19(13-23(24)31)30(32,33)34/h5-10,20,22-23,25,35H,2-4,11-15H2,1H3,(H,36,39)(H,40,41)/t20-,22-,23?,25-/m1/s1. The van der Waals surface area contributed by atoms with E-state index >= 15 is 0 Å². The number of halogens is 4. The van der Waals surface area contributed by atoms with Crippen LogP contribution in [-0.2, 0) is 14.3 Å². The van der Waals surface area contributed by atoms with E-state index in [2.05, 4.69) is 15.8 Å². The zero-order chi connectivity index (χ0) is 30.9. The lowest BCUT2D eigenvalue weighted by atomic mass is 9.69. The summed E-state index contributed by atoms with van der Waals surface area (Å²) in [7, 11) is 1.34. The molecule has 0 saturated heterocycles. The molecule has 1 saturated carbocycles. The molecule has 1 unspecified atom stereocenters. The number of hydrogen-bond donors (Lipinski definition) is 3. The van der Waals surface area contributed by atoms with E-state index in [0.717, 1.165) is 40.1 Å². The highest BCUT2D eigenvalue weighted by Gasteiger charge is 2.44. The number of methoxy groups -OCH3 is 1. The quantitative estimate of drug-likeness (QED) is 0.424. The fourth-order valence-electron chi connectivity index (χ4n) is 6.41. The summed E-state index contributed by atoms with van der Waals surface area (Å²) in [5, 5.41) is 17.0. The van der Waals surface area contributed by atoms with Gasteiger partial charge in [0.1, 0.15) is 6.17 Å². The van der Waals surface area contributed by atoms with Crippen LogP contribution in [0.4, 0.5) is 22.4 Å². The number of carboxylic acid groups (broad SMARTS) is 1. The molecule has 0 radical (unpaired) electrons. The van der Waals surface area contributed by atoms with Crippen molar-refractivity contribution >= 4 is 23.7 Å². The van der Waals surface area contributed by atoms with Crippen molar-refractivity contribution in [2.75, 3.05) is 26.7 Å². The van der Waals surface area contributed by atoms with Crippen molar-refractivity contribution in [3.8, 4) is 0 Å². The number of carbonyl (C=O) groups is 3. The molecule has 5 rings (SSSR count). The van der Waals surface area contributed by atoms with E-state index in [1.807, 2.05) is 24.3 Å². The van der Waals surface area contributed by atoms with Crippen molar-refractivity contribution in [2.45, 2.75) is 50.4 Å². The highest BCUT2D eigenvalue weighted by Crippen LogP contribution is 2.42. The Labute approximate surface area is 245 Å². The molecule has 2 heterocycles. The number of nitrogens with one attached hydrogen (secondary N) is 2. The van der Waals surface area contributed by atoms with Gasteiger partial charge in [0.25, 0.3) is 0 Å². The van der Waals surface area contributed by atoms with Gasteiger partial charge in [-0.2, -0.15) is 18.3 Å². The minimum Gasteiger partial charge on any atom is -0.481 e. The molecule has 4 aliphatic rings. The Morgan fingerprint density at radius 3 is 2.53 bits per heavy atom. The Kier molecular flexibility index (Phi) is 8.61. The summed E-state index contributed by atoms with van der Waals surface area (Å²) in [4.78, 5) is 39.2. The van der Waals surface area contributed by atoms with Gasteiger partial charge in [-0.3, -0.25) is 9.59 Å². The molecule has 13 heteroatoms. The van der Waals surface area contributed by atoms with E-state index < -0.39 is 54.0 Å². The number of ether oxygens (including phenoxy) is 1. The van der Waals surface area contributed by atoms with Gasteiger partial charge < -0.3 is 25.5 Å². The fourth-order valence-corrected chi connectivity index (χ4v) is 6.41. The first-order chi connectivity index (χ1) is 20.5. The van der Waals surface area contributed by atoms with E-state index in [9.17, 15) is 37.1 Å². The molecule has 3 N–H and O–H groups in total. The van der Waals surface area contributed by atoms with Crippen LogP contribution in [0.25, 0.3) is 0 Å². The van der Waals surface area contributed by atoms with E-state index in [0.29, 0.717) is 38.9 Å². The predicted molar refractivity (Wildman–Crippen MR) is 148 cm³/mol. The van der Waals surface area contributed by atoms with Gasteiger partial charge in [0.15, 0.2) is 0 Å². The molecule has 2 amide bonds. The normalized spacial score (nSPS) is 25.9. The lowest BCUT2D eigenvalue weighted by molar-refractivity contribution is -0.149. The van der Waals surface area contributed by atoms with Crippen molar-refractivity contribution in [3.05, 3.63) is 70.0 Å². The molecule has 230 valence electrons. The van der Waals surface area contributed by atoms with Crippen LogP contribution in [0.3, 0.4) is 0 Å². The van der Waals surface area contributed by atoms with Gasteiger partial charge in [0, 0.05) is 30.6 Å². The molecule has 0 spiro atoms. The first kappa shape index (κ1) is 30.3. The molecule has 4 atom stereocenters. The maximum absolute atomic E-state index is 14.5. The van der Waals surface area contributed by atoms with E-state index in [4.69, 9.17) is 4.74 Å². The van der Waals surface area contributed by atoms with Crippen molar-refractivity contribution in [1.82, 2.24) is 15.6 Å². The molecule has 1 aromatic carbocycles. The molecular weight excluding hydrogens is 572 g/mol. The summed E-state index contributed by atoms with van der Waals surface area (Å²) in [6, 6.07) is 7.35. The predicted octanol–water partition coefficient (Wildman–Crippen LogP) is 4.58. The minimum atomic E-state index is -4.67. The summed E-state index contributed by atoms with van der Waals surface area (Å²) in [5.74, 6) is -4.48. The van der Waals surface area contributed by atoms with Crippen LogP contribution in [-0.4, -0.2) is 72.8 Å². The zero-order valence-corrected chi connectivity index (χ0v) is 23.4. The Morgan fingerprint density at radius 1 is 1.14 bits per heavy atom. The molecule has 1 fully saturated rings. The maximum Gasteiger partial charge on any atom is 0.412 e. The van der Waals surface area contributed by atoms with Gasteiger partial charge in [-0.1, -0.05) is 36.8 Å². The second kappa shape index (κ2) is 12.2. The van der Waals surface area contributed by atoms with Gasteiger partial charge in [-0.05, 0) is 48.0 Å². The third-order valence-corrected chi connectivity index (χ3v) is 8.61. The SMILES string of the molecule is COC(=O)N1CCC2=C(CNN=C2c2ccc([C@H]3CCC[C@@H](C(=O)NC4=CC=C(C(F)(F)F)CC4F)[C@@H]3C(=O)O)cc2)C1. The molecule has 9 nitrogen and oxygen atoms in total. The Bertz CT molecular complexity index is 1420. The number of aliphatic carboxylic acids is 1. The first-order valence-electron chi connectivity index (χ1n) is 14.1. The lowest BCUT2D eigenvalue weighted by Gasteiger charge is -2.35. The van der Waals surface area contributed by atoms with Gasteiger partial charge in [0.05, 0.1) is 36.9 Å². The van der Waals surface area contributed by atoms with Crippen LogP contribution in [0.2, 0.25) is 0 Å². The van der Waals surface area contributed by atoms with Gasteiger partial charge in [-0.25, -0.2) is 9.18 Å². The summed E-state index contributed by atoms with van der Waals surface area (Å²) >= 11 is 0. The van der Waals surface area contributed by atoms with E-state index in [1.165, 1.54) is 7.11 Å². The van der Waals surface area contributed by atoms with Crippen molar-refractivity contribution in [3.63, 3.8) is 0 Å². The number of allylic oxidation sites excluding steroid dienone is 4. The summed E-state index contributed by atoms with van der Waals surface area (Å²) in [5.41, 5.74) is 6.05. The second-order valence-electron chi connectivity index (χ2n) is 11.1. The first-order valence-corrected chi connectivity index (χ1v) is 14.1. The summed E-state index contributed by atoms with van der Waals surface area (Å²) in [6.07, 6.45) is -4.46. The molecule has 2 aliphatic carbocycles. The zero-order valence-electron chi connectivity index (χ0n) is 23.4. The van der Waals surface area contributed by atoms with E-state index in [-0.39, 0.29) is 18.2 Å². The van der Waals surface area contributed by atoms with Crippen LogP contribution in [0.5, 0.6) is 0 Å². The number of carbonyl (C=O) groups excluding carboxylic acids is 2. The Morgan fingerprint density at radius 2 is 1.88 bits per heavy atom.